The number of carbonyl (C=O) groups is 1. The second kappa shape index (κ2) is 9.88. The van der Waals surface area contributed by atoms with Crippen molar-refractivity contribution in [3.05, 3.63) is 64.2 Å². The maximum Gasteiger partial charge on any atom is 0.273 e. The molecule has 3 rings (SSSR count). The van der Waals surface area contributed by atoms with Gasteiger partial charge >= 0.3 is 0 Å². The third-order valence-electron chi connectivity index (χ3n) is 4.76. The SMILES string of the molecule is CCOc1ccc(CN2CCN(C(=O)COc3cccc([N+](=O)[O-])c3)CC2)cc1. The fraction of sp³-hybridized carbons (Fsp3) is 0.381. The molecule has 1 fully saturated rings. The molecule has 1 heterocycles. The number of hydrogen-bond donors (Lipinski definition) is 0. The van der Waals surface area contributed by atoms with Crippen molar-refractivity contribution in [2.75, 3.05) is 39.4 Å². The molecule has 0 atom stereocenters. The van der Waals surface area contributed by atoms with Crippen LogP contribution in [0.1, 0.15) is 12.5 Å². The molecule has 0 unspecified atom stereocenters. The molecule has 1 amide bonds. The van der Waals surface area contributed by atoms with Crippen LogP contribution in [0.25, 0.3) is 0 Å². The van der Waals surface area contributed by atoms with Gasteiger partial charge in [0.1, 0.15) is 11.5 Å². The molecule has 0 bridgehead atoms. The number of rotatable bonds is 8. The van der Waals surface area contributed by atoms with Crippen molar-refractivity contribution in [2.45, 2.75) is 13.5 Å². The topological polar surface area (TPSA) is 85.2 Å². The smallest absolute Gasteiger partial charge is 0.273 e. The van der Waals surface area contributed by atoms with Crippen molar-refractivity contribution >= 4 is 11.6 Å². The lowest BCUT2D eigenvalue weighted by Crippen LogP contribution is -2.49. The lowest BCUT2D eigenvalue weighted by molar-refractivity contribution is -0.384. The van der Waals surface area contributed by atoms with Crippen LogP contribution in [0.2, 0.25) is 0 Å². The Kier molecular flexibility index (Phi) is 7.02. The molecular weight excluding hydrogens is 374 g/mol. The summed E-state index contributed by atoms with van der Waals surface area (Å²) in [7, 11) is 0. The number of piperazine rings is 1. The number of nitro groups is 1. The van der Waals surface area contributed by atoms with Crippen LogP contribution < -0.4 is 9.47 Å². The largest absolute Gasteiger partial charge is 0.494 e. The normalized spacial score (nSPS) is 14.4. The number of amides is 1. The molecule has 2 aromatic rings. The lowest BCUT2D eigenvalue weighted by Gasteiger charge is -2.34. The van der Waals surface area contributed by atoms with Crippen LogP contribution in [0.4, 0.5) is 5.69 Å². The third-order valence-corrected chi connectivity index (χ3v) is 4.76. The lowest BCUT2D eigenvalue weighted by atomic mass is 10.2. The highest BCUT2D eigenvalue weighted by molar-refractivity contribution is 5.77. The van der Waals surface area contributed by atoms with Crippen LogP contribution in [0, 0.1) is 10.1 Å². The molecule has 1 aliphatic rings. The molecule has 0 radical (unpaired) electrons. The molecule has 2 aromatic carbocycles. The van der Waals surface area contributed by atoms with E-state index in [0.717, 1.165) is 25.4 Å². The Morgan fingerprint density at radius 2 is 1.76 bits per heavy atom. The quantitative estimate of drug-likeness (QED) is 0.501. The highest BCUT2D eigenvalue weighted by Gasteiger charge is 2.21. The van der Waals surface area contributed by atoms with Crippen molar-refractivity contribution in [3.63, 3.8) is 0 Å². The van der Waals surface area contributed by atoms with E-state index in [1.165, 1.54) is 23.8 Å². The van der Waals surface area contributed by atoms with Gasteiger partial charge in [0.2, 0.25) is 0 Å². The zero-order valence-corrected chi connectivity index (χ0v) is 16.5. The summed E-state index contributed by atoms with van der Waals surface area (Å²) in [4.78, 5) is 26.8. The van der Waals surface area contributed by atoms with E-state index in [4.69, 9.17) is 9.47 Å². The summed E-state index contributed by atoms with van der Waals surface area (Å²) in [5.74, 6) is 1.08. The maximum atomic E-state index is 12.4. The fourth-order valence-corrected chi connectivity index (χ4v) is 3.19. The van der Waals surface area contributed by atoms with E-state index in [1.807, 2.05) is 19.1 Å². The minimum Gasteiger partial charge on any atom is -0.494 e. The summed E-state index contributed by atoms with van der Waals surface area (Å²) in [5, 5.41) is 10.8. The summed E-state index contributed by atoms with van der Waals surface area (Å²) in [5.41, 5.74) is 1.15. The third kappa shape index (κ3) is 5.92. The zero-order valence-electron chi connectivity index (χ0n) is 16.5. The van der Waals surface area contributed by atoms with Crippen molar-refractivity contribution in [1.82, 2.24) is 9.80 Å². The Morgan fingerprint density at radius 1 is 1.03 bits per heavy atom. The number of non-ortho nitro benzene ring substituents is 1. The predicted molar refractivity (Wildman–Crippen MR) is 108 cm³/mol. The average Bonchev–Trinajstić information content (AvgIpc) is 2.74. The Bertz CT molecular complexity index is 832. The van der Waals surface area contributed by atoms with Crippen LogP contribution in [-0.4, -0.2) is 60.0 Å². The predicted octanol–water partition coefficient (Wildman–Crippen LogP) is 2.72. The van der Waals surface area contributed by atoms with Crippen LogP contribution >= 0.6 is 0 Å². The van der Waals surface area contributed by atoms with E-state index in [0.29, 0.717) is 25.4 Å². The first-order valence-electron chi connectivity index (χ1n) is 9.64. The number of benzene rings is 2. The Morgan fingerprint density at radius 3 is 2.41 bits per heavy atom. The molecule has 0 saturated carbocycles. The monoisotopic (exact) mass is 399 g/mol. The minimum absolute atomic E-state index is 0.0575. The second-order valence-corrected chi connectivity index (χ2v) is 6.78. The van der Waals surface area contributed by atoms with Gasteiger partial charge in [-0.15, -0.1) is 0 Å². The summed E-state index contributed by atoms with van der Waals surface area (Å²) < 4.78 is 10.9. The van der Waals surface area contributed by atoms with Crippen LogP contribution in [0.3, 0.4) is 0 Å². The second-order valence-electron chi connectivity index (χ2n) is 6.78. The highest BCUT2D eigenvalue weighted by Crippen LogP contribution is 2.19. The standard InChI is InChI=1S/C21H25N3O5/c1-2-28-19-8-6-17(7-9-19)15-22-10-12-23(13-11-22)21(25)16-29-20-5-3-4-18(14-20)24(26)27/h3-9,14H,2,10-13,15-16H2,1H3. The first kappa shape index (κ1) is 20.6. The van der Waals surface area contributed by atoms with Gasteiger partial charge in [-0.25, -0.2) is 0 Å². The van der Waals surface area contributed by atoms with Crippen LogP contribution in [0.5, 0.6) is 11.5 Å². The summed E-state index contributed by atoms with van der Waals surface area (Å²) in [6.45, 7) is 6.16. The molecule has 0 N–H and O–H groups in total. The highest BCUT2D eigenvalue weighted by atomic mass is 16.6. The van der Waals surface area contributed by atoms with Gasteiger partial charge in [0, 0.05) is 38.8 Å². The van der Waals surface area contributed by atoms with E-state index in [-0.39, 0.29) is 18.2 Å². The van der Waals surface area contributed by atoms with Crippen molar-refractivity contribution in [1.29, 1.82) is 0 Å². The number of nitro benzene ring substituents is 1. The molecule has 1 aliphatic heterocycles. The molecule has 29 heavy (non-hydrogen) atoms. The van der Waals surface area contributed by atoms with E-state index in [9.17, 15) is 14.9 Å². The first-order valence-corrected chi connectivity index (χ1v) is 9.64. The number of ether oxygens (including phenoxy) is 2. The number of nitrogens with zero attached hydrogens (tertiary/aromatic N) is 3. The van der Waals surface area contributed by atoms with Crippen LogP contribution in [0.15, 0.2) is 48.5 Å². The van der Waals surface area contributed by atoms with Gasteiger partial charge in [-0.2, -0.15) is 0 Å². The molecule has 8 heteroatoms. The van der Waals surface area contributed by atoms with Crippen molar-refractivity contribution in [2.24, 2.45) is 0 Å². The Labute approximate surface area is 169 Å². The van der Waals surface area contributed by atoms with Gasteiger partial charge in [0.15, 0.2) is 6.61 Å². The number of carbonyl (C=O) groups excluding carboxylic acids is 1. The molecule has 0 aliphatic carbocycles. The van der Waals surface area contributed by atoms with E-state index < -0.39 is 4.92 Å². The Hall–Kier alpha value is -3.13. The Balaban J connectivity index is 1.43. The van der Waals surface area contributed by atoms with Gasteiger partial charge in [0.25, 0.3) is 11.6 Å². The van der Waals surface area contributed by atoms with Crippen molar-refractivity contribution < 1.29 is 19.2 Å². The first-order chi connectivity index (χ1) is 14.0. The van der Waals surface area contributed by atoms with Gasteiger partial charge in [0.05, 0.1) is 17.6 Å². The summed E-state index contributed by atoms with van der Waals surface area (Å²) in [6, 6.07) is 13.9. The van der Waals surface area contributed by atoms with Gasteiger partial charge in [-0.3, -0.25) is 19.8 Å². The molecule has 154 valence electrons. The van der Waals surface area contributed by atoms with Gasteiger partial charge in [-0.05, 0) is 30.7 Å². The summed E-state index contributed by atoms with van der Waals surface area (Å²) in [6.07, 6.45) is 0. The van der Waals surface area contributed by atoms with E-state index in [2.05, 4.69) is 17.0 Å². The van der Waals surface area contributed by atoms with Crippen molar-refractivity contribution in [3.8, 4) is 11.5 Å². The molecule has 8 nitrogen and oxygen atoms in total. The number of hydrogen-bond acceptors (Lipinski definition) is 6. The summed E-state index contributed by atoms with van der Waals surface area (Å²) >= 11 is 0. The molecule has 0 aromatic heterocycles. The van der Waals surface area contributed by atoms with E-state index in [1.54, 1.807) is 11.0 Å². The fourth-order valence-electron chi connectivity index (χ4n) is 3.19. The molecule has 1 saturated heterocycles. The maximum absolute atomic E-state index is 12.4. The van der Waals surface area contributed by atoms with E-state index >= 15 is 0 Å². The van der Waals surface area contributed by atoms with Gasteiger partial charge in [-0.1, -0.05) is 18.2 Å². The molecule has 0 spiro atoms. The molecular formula is C21H25N3O5. The zero-order chi connectivity index (χ0) is 20.6. The minimum atomic E-state index is -0.488. The van der Waals surface area contributed by atoms with Crippen LogP contribution in [-0.2, 0) is 11.3 Å². The van der Waals surface area contributed by atoms with Gasteiger partial charge < -0.3 is 14.4 Å². The average molecular weight is 399 g/mol.